The standard InChI is InChI=1S/C18H23NO2/c1-14-7-4-5-10-17(14)18(19-2)13-21-16-9-6-8-15(11-16)12-20-3/h4-11,18-19H,12-13H2,1-3H3. The summed E-state index contributed by atoms with van der Waals surface area (Å²) in [6.45, 7) is 3.32. The molecule has 0 saturated heterocycles. The number of hydrogen-bond acceptors (Lipinski definition) is 3. The van der Waals surface area contributed by atoms with Crippen LogP contribution in [0.25, 0.3) is 0 Å². The van der Waals surface area contributed by atoms with Crippen molar-refractivity contribution in [1.82, 2.24) is 5.32 Å². The highest BCUT2D eigenvalue weighted by atomic mass is 16.5. The molecule has 0 bridgehead atoms. The molecule has 3 heteroatoms. The molecule has 112 valence electrons. The highest BCUT2D eigenvalue weighted by Crippen LogP contribution is 2.20. The maximum Gasteiger partial charge on any atom is 0.119 e. The molecule has 0 saturated carbocycles. The van der Waals surface area contributed by atoms with Gasteiger partial charge in [0.05, 0.1) is 12.6 Å². The molecule has 1 N–H and O–H groups in total. The zero-order valence-electron chi connectivity index (χ0n) is 12.9. The Labute approximate surface area is 126 Å². The molecule has 0 fully saturated rings. The van der Waals surface area contributed by atoms with Gasteiger partial charge in [0.25, 0.3) is 0 Å². The van der Waals surface area contributed by atoms with Crippen molar-refractivity contribution >= 4 is 0 Å². The SMILES string of the molecule is CNC(COc1cccc(COC)c1)c1ccccc1C. The van der Waals surface area contributed by atoms with Gasteiger partial charge in [0.2, 0.25) is 0 Å². The first kappa shape index (κ1) is 15.5. The van der Waals surface area contributed by atoms with E-state index < -0.39 is 0 Å². The summed E-state index contributed by atoms with van der Waals surface area (Å²) in [6, 6.07) is 16.6. The molecular formula is C18H23NO2. The van der Waals surface area contributed by atoms with Crippen LogP contribution in [0.4, 0.5) is 0 Å². The Morgan fingerprint density at radius 3 is 2.62 bits per heavy atom. The number of benzene rings is 2. The first-order valence-electron chi connectivity index (χ1n) is 7.18. The van der Waals surface area contributed by atoms with Gasteiger partial charge in [-0.3, -0.25) is 0 Å². The number of hydrogen-bond donors (Lipinski definition) is 1. The molecule has 0 amide bonds. The molecule has 21 heavy (non-hydrogen) atoms. The van der Waals surface area contributed by atoms with Gasteiger partial charge in [0.1, 0.15) is 12.4 Å². The van der Waals surface area contributed by atoms with Crippen molar-refractivity contribution in [3.05, 3.63) is 65.2 Å². The van der Waals surface area contributed by atoms with Gasteiger partial charge in [-0.05, 0) is 42.8 Å². The van der Waals surface area contributed by atoms with Gasteiger partial charge in [-0.15, -0.1) is 0 Å². The van der Waals surface area contributed by atoms with Crippen molar-refractivity contribution in [2.45, 2.75) is 19.6 Å². The summed E-state index contributed by atoms with van der Waals surface area (Å²) in [6.07, 6.45) is 0. The fraction of sp³-hybridized carbons (Fsp3) is 0.333. The van der Waals surface area contributed by atoms with Gasteiger partial charge in [-0.2, -0.15) is 0 Å². The summed E-state index contributed by atoms with van der Waals surface area (Å²) in [5, 5.41) is 3.32. The predicted octanol–water partition coefficient (Wildman–Crippen LogP) is 3.48. The van der Waals surface area contributed by atoms with Crippen LogP contribution in [0.2, 0.25) is 0 Å². The molecule has 0 aliphatic rings. The summed E-state index contributed by atoms with van der Waals surface area (Å²) in [7, 11) is 3.66. The molecule has 2 aromatic carbocycles. The molecule has 0 spiro atoms. The molecule has 0 heterocycles. The van der Waals surface area contributed by atoms with E-state index in [1.54, 1.807) is 7.11 Å². The summed E-state index contributed by atoms with van der Waals surface area (Å²) < 4.78 is 11.1. The van der Waals surface area contributed by atoms with Gasteiger partial charge >= 0.3 is 0 Å². The van der Waals surface area contributed by atoms with E-state index in [9.17, 15) is 0 Å². The Kier molecular flexibility index (Phi) is 5.78. The van der Waals surface area contributed by atoms with Crippen LogP contribution in [0.15, 0.2) is 48.5 Å². The number of ether oxygens (including phenoxy) is 2. The monoisotopic (exact) mass is 285 g/mol. The van der Waals surface area contributed by atoms with Crippen LogP contribution in [0.5, 0.6) is 5.75 Å². The zero-order chi connectivity index (χ0) is 15.1. The second-order valence-corrected chi connectivity index (χ2v) is 5.09. The van der Waals surface area contributed by atoms with Crippen molar-refractivity contribution in [1.29, 1.82) is 0 Å². The Balaban J connectivity index is 2.03. The number of aryl methyl sites for hydroxylation is 1. The van der Waals surface area contributed by atoms with Gasteiger partial charge in [0.15, 0.2) is 0 Å². The van der Waals surface area contributed by atoms with Crippen LogP contribution in [0, 0.1) is 6.92 Å². The minimum atomic E-state index is 0.178. The third kappa shape index (κ3) is 4.31. The van der Waals surface area contributed by atoms with E-state index in [0.29, 0.717) is 13.2 Å². The van der Waals surface area contributed by atoms with Gasteiger partial charge in [0, 0.05) is 7.11 Å². The van der Waals surface area contributed by atoms with Crippen LogP contribution in [0.1, 0.15) is 22.7 Å². The third-order valence-corrected chi connectivity index (χ3v) is 3.54. The maximum absolute atomic E-state index is 5.94. The van der Waals surface area contributed by atoms with Crippen LogP contribution >= 0.6 is 0 Å². The second-order valence-electron chi connectivity index (χ2n) is 5.09. The summed E-state index contributed by atoms with van der Waals surface area (Å²) >= 11 is 0. The Hall–Kier alpha value is -1.84. The minimum absolute atomic E-state index is 0.178. The fourth-order valence-corrected chi connectivity index (χ4v) is 2.38. The van der Waals surface area contributed by atoms with Gasteiger partial charge in [-0.25, -0.2) is 0 Å². The van der Waals surface area contributed by atoms with E-state index >= 15 is 0 Å². The molecule has 0 aliphatic carbocycles. The molecular weight excluding hydrogens is 262 g/mol. The predicted molar refractivity (Wildman–Crippen MR) is 85.6 cm³/mol. The zero-order valence-corrected chi connectivity index (χ0v) is 12.9. The van der Waals surface area contributed by atoms with E-state index in [2.05, 4.69) is 36.5 Å². The van der Waals surface area contributed by atoms with Gasteiger partial charge in [-0.1, -0.05) is 36.4 Å². The van der Waals surface area contributed by atoms with Crippen LogP contribution in [-0.2, 0) is 11.3 Å². The van der Waals surface area contributed by atoms with Crippen LogP contribution in [-0.4, -0.2) is 20.8 Å². The molecule has 2 aromatic rings. The van der Waals surface area contributed by atoms with Crippen molar-refractivity contribution < 1.29 is 9.47 Å². The lowest BCUT2D eigenvalue weighted by atomic mass is 10.0. The lowest BCUT2D eigenvalue weighted by Crippen LogP contribution is -2.24. The number of nitrogens with one attached hydrogen (secondary N) is 1. The Bertz CT molecular complexity index is 569. The molecule has 0 aliphatic heterocycles. The smallest absolute Gasteiger partial charge is 0.119 e. The summed E-state index contributed by atoms with van der Waals surface area (Å²) in [4.78, 5) is 0. The molecule has 1 unspecified atom stereocenters. The Morgan fingerprint density at radius 2 is 1.90 bits per heavy atom. The average Bonchev–Trinajstić information content (AvgIpc) is 2.50. The van der Waals surface area contributed by atoms with Crippen LogP contribution in [0.3, 0.4) is 0 Å². The van der Waals surface area contributed by atoms with E-state index in [-0.39, 0.29) is 6.04 Å². The normalized spacial score (nSPS) is 12.1. The maximum atomic E-state index is 5.94. The highest BCUT2D eigenvalue weighted by Gasteiger charge is 2.12. The quantitative estimate of drug-likeness (QED) is 0.845. The van der Waals surface area contributed by atoms with Crippen molar-refractivity contribution in [2.24, 2.45) is 0 Å². The first-order valence-corrected chi connectivity index (χ1v) is 7.18. The summed E-state index contributed by atoms with van der Waals surface area (Å²) in [5.41, 5.74) is 3.66. The second kappa shape index (κ2) is 7.81. The number of methoxy groups -OCH3 is 1. The Morgan fingerprint density at radius 1 is 1.10 bits per heavy atom. The lowest BCUT2D eigenvalue weighted by molar-refractivity contribution is 0.184. The average molecular weight is 285 g/mol. The van der Waals surface area contributed by atoms with E-state index in [1.807, 2.05) is 31.3 Å². The largest absolute Gasteiger partial charge is 0.492 e. The number of rotatable bonds is 7. The first-order chi connectivity index (χ1) is 10.2. The van der Waals surface area contributed by atoms with E-state index in [1.165, 1.54) is 11.1 Å². The molecule has 2 rings (SSSR count). The van der Waals surface area contributed by atoms with Gasteiger partial charge < -0.3 is 14.8 Å². The molecule has 0 radical (unpaired) electrons. The topological polar surface area (TPSA) is 30.5 Å². The molecule has 0 aromatic heterocycles. The van der Waals surface area contributed by atoms with Crippen molar-refractivity contribution in [2.75, 3.05) is 20.8 Å². The van der Waals surface area contributed by atoms with Crippen LogP contribution < -0.4 is 10.1 Å². The highest BCUT2D eigenvalue weighted by molar-refractivity contribution is 5.30. The van der Waals surface area contributed by atoms with Crippen molar-refractivity contribution in [3.63, 3.8) is 0 Å². The lowest BCUT2D eigenvalue weighted by Gasteiger charge is -2.19. The number of likely N-dealkylation sites (N-methyl/N-ethyl adjacent to an activating group) is 1. The minimum Gasteiger partial charge on any atom is -0.492 e. The van der Waals surface area contributed by atoms with Crippen molar-refractivity contribution in [3.8, 4) is 5.75 Å². The molecule has 3 nitrogen and oxygen atoms in total. The van der Waals surface area contributed by atoms with E-state index in [4.69, 9.17) is 9.47 Å². The van der Waals surface area contributed by atoms with E-state index in [0.717, 1.165) is 11.3 Å². The fourth-order valence-electron chi connectivity index (χ4n) is 2.38. The molecule has 1 atom stereocenters. The third-order valence-electron chi connectivity index (χ3n) is 3.54. The summed E-state index contributed by atoms with van der Waals surface area (Å²) in [5.74, 6) is 0.874.